The van der Waals surface area contributed by atoms with Crippen LogP contribution in [-0.4, -0.2) is 28.3 Å². The van der Waals surface area contributed by atoms with Crippen molar-refractivity contribution in [3.05, 3.63) is 17.0 Å². The molecule has 0 aliphatic rings. The molecule has 1 rings (SSSR count). The van der Waals surface area contributed by atoms with E-state index in [9.17, 15) is 4.79 Å². The second-order valence-corrected chi connectivity index (χ2v) is 4.57. The zero-order valence-electron chi connectivity index (χ0n) is 11.9. The highest BCUT2D eigenvalue weighted by Crippen LogP contribution is 2.12. The third-order valence-corrected chi connectivity index (χ3v) is 2.92. The summed E-state index contributed by atoms with van der Waals surface area (Å²) in [6, 6.07) is 0.122. The highest BCUT2D eigenvalue weighted by molar-refractivity contribution is 5.85. The lowest BCUT2D eigenvalue weighted by Gasteiger charge is -2.07. The summed E-state index contributed by atoms with van der Waals surface area (Å²) in [6.07, 6.45) is 1.20. The van der Waals surface area contributed by atoms with Gasteiger partial charge < -0.3 is 11.1 Å². The number of carbonyl (C=O) groups excluding carboxylic acids is 1. The maximum Gasteiger partial charge on any atom is 0.224 e. The van der Waals surface area contributed by atoms with Gasteiger partial charge in [0.1, 0.15) is 0 Å². The van der Waals surface area contributed by atoms with Crippen molar-refractivity contribution in [3.63, 3.8) is 0 Å². The molecule has 0 radical (unpaired) electrons. The topological polar surface area (TPSA) is 72.9 Å². The fourth-order valence-corrected chi connectivity index (χ4v) is 1.74. The van der Waals surface area contributed by atoms with Gasteiger partial charge in [-0.15, -0.1) is 24.8 Å². The molecule has 7 heteroatoms. The number of nitrogens with zero attached hydrogens (tertiary/aromatic N) is 2. The minimum absolute atomic E-state index is 0. The Bertz CT molecular complexity index is 405. The van der Waals surface area contributed by atoms with Crippen LogP contribution in [0.1, 0.15) is 30.3 Å². The Morgan fingerprint density at radius 1 is 1.42 bits per heavy atom. The average molecular weight is 311 g/mol. The number of nitrogens with two attached hydrogens (primary N) is 1. The van der Waals surface area contributed by atoms with Crippen molar-refractivity contribution >= 4 is 30.7 Å². The lowest BCUT2D eigenvalue weighted by molar-refractivity contribution is -0.120. The minimum Gasteiger partial charge on any atom is -0.356 e. The third kappa shape index (κ3) is 6.27. The summed E-state index contributed by atoms with van der Waals surface area (Å²) < 4.78 is 1.81. The van der Waals surface area contributed by atoms with Crippen LogP contribution in [0.2, 0.25) is 0 Å². The smallest absolute Gasteiger partial charge is 0.224 e. The van der Waals surface area contributed by atoms with Gasteiger partial charge in [-0.1, -0.05) is 0 Å². The number of amides is 1. The molecule has 0 saturated heterocycles. The summed E-state index contributed by atoms with van der Waals surface area (Å²) in [5.41, 5.74) is 8.61. The fraction of sp³-hybridized carbons (Fsp3) is 0.667. The quantitative estimate of drug-likeness (QED) is 0.860. The van der Waals surface area contributed by atoms with Gasteiger partial charge in [0.15, 0.2) is 0 Å². The normalized spacial score (nSPS) is 11.2. The Morgan fingerprint density at radius 2 is 2.00 bits per heavy atom. The molecule has 0 fully saturated rings. The number of hydrogen-bond acceptors (Lipinski definition) is 3. The van der Waals surface area contributed by atoms with Crippen molar-refractivity contribution in [3.8, 4) is 0 Å². The van der Waals surface area contributed by atoms with Crippen LogP contribution < -0.4 is 11.1 Å². The Balaban J connectivity index is 0. The maximum atomic E-state index is 11.7. The molecule has 0 aliphatic carbocycles. The van der Waals surface area contributed by atoms with Gasteiger partial charge in [0, 0.05) is 30.9 Å². The predicted octanol–water partition coefficient (Wildman–Crippen LogP) is 1.28. The molecule has 1 atom stereocenters. The second-order valence-electron chi connectivity index (χ2n) is 4.57. The van der Waals surface area contributed by atoms with E-state index in [1.54, 1.807) is 4.68 Å². The number of nitrogens with one attached hydrogen (secondary N) is 1. The van der Waals surface area contributed by atoms with E-state index in [1.165, 1.54) is 0 Å². The molecule has 112 valence electrons. The molecule has 3 N–H and O–H groups in total. The SMILES string of the molecule is Cc1nn(C)c(C)c1CC(=O)NCCC(C)N.Cl.Cl. The second kappa shape index (κ2) is 9.18. The van der Waals surface area contributed by atoms with Crippen molar-refractivity contribution in [1.29, 1.82) is 0 Å². The molecule has 1 unspecified atom stereocenters. The van der Waals surface area contributed by atoms with Crippen LogP contribution in [-0.2, 0) is 18.3 Å². The van der Waals surface area contributed by atoms with E-state index in [-0.39, 0.29) is 36.8 Å². The van der Waals surface area contributed by atoms with Crippen LogP contribution in [0.5, 0.6) is 0 Å². The Morgan fingerprint density at radius 3 is 2.42 bits per heavy atom. The van der Waals surface area contributed by atoms with Gasteiger partial charge in [0.2, 0.25) is 5.91 Å². The van der Waals surface area contributed by atoms with Gasteiger partial charge >= 0.3 is 0 Å². The van der Waals surface area contributed by atoms with E-state index in [0.717, 1.165) is 23.4 Å². The molecule has 1 amide bonds. The zero-order valence-corrected chi connectivity index (χ0v) is 13.5. The summed E-state index contributed by atoms with van der Waals surface area (Å²) in [5.74, 6) is 0.0323. The highest BCUT2D eigenvalue weighted by atomic mass is 35.5. The molecule has 19 heavy (non-hydrogen) atoms. The predicted molar refractivity (Wildman–Crippen MR) is 82.2 cm³/mol. The number of rotatable bonds is 5. The first-order valence-corrected chi connectivity index (χ1v) is 5.93. The first-order valence-electron chi connectivity index (χ1n) is 5.93. The highest BCUT2D eigenvalue weighted by Gasteiger charge is 2.12. The van der Waals surface area contributed by atoms with Gasteiger partial charge in [-0.3, -0.25) is 9.48 Å². The fourth-order valence-electron chi connectivity index (χ4n) is 1.74. The summed E-state index contributed by atoms with van der Waals surface area (Å²) in [7, 11) is 1.89. The average Bonchev–Trinajstić information content (AvgIpc) is 2.44. The summed E-state index contributed by atoms with van der Waals surface area (Å²) in [6.45, 7) is 6.47. The summed E-state index contributed by atoms with van der Waals surface area (Å²) >= 11 is 0. The molecular formula is C12H24Cl2N4O. The number of hydrogen-bond donors (Lipinski definition) is 2. The van der Waals surface area contributed by atoms with E-state index < -0.39 is 0 Å². The van der Waals surface area contributed by atoms with Gasteiger partial charge in [-0.25, -0.2) is 0 Å². The zero-order chi connectivity index (χ0) is 13.0. The first kappa shape index (κ1) is 20.5. The van der Waals surface area contributed by atoms with Crippen molar-refractivity contribution in [2.24, 2.45) is 12.8 Å². The van der Waals surface area contributed by atoms with Gasteiger partial charge in [-0.05, 0) is 27.2 Å². The van der Waals surface area contributed by atoms with Gasteiger partial charge in [0.05, 0.1) is 12.1 Å². The summed E-state index contributed by atoms with van der Waals surface area (Å²) in [5, 5.41) is 7.16. The largest absolute Gasteiger partial charge is 0.356 e. The van der Waals surface area contributed by atoms with Crippen molar-refractivity contribution in [2.75, 3.05) is 6.54 Å². The molecule has 5 nitrogen and oxygen atoms in total. The van der Waals surface area contributed by atoms with E-state index in [2.05, 4.69) is 10.4 Å². The van der Waals surface area contributed by atoms with Crippen LogP contribution in [0.25, 0.3) is 0 Å². The Labute approximate surface area is 127 Å². The minimum atomic E-state index is 0. The van der Waals surface area contributed by atoms with Crippen LogP contribution in [0, 0.1) is 13.8 Å². The summed E-state index contributed by atoms with van der Waals surface area (Å²) in [4.78, 5) is 11.7. The van der Waals surface area contributed by atoms with E-state index >= 15 is 0 Å². The van der Waals surface area contributed by atoms with Crippen molar-refractivity contribution in [2.45, 2.75) is 39.7 Å². The van der Waals surface area contributed by atoms with Crippen molar-refractivity contribution < 1.29 is 4.79 Å². The Kier molecular flexibility index (Phi) is 9.92. The van der Waals surface area contributed by atoms with E-state index in [0.29, 0.717) is 13.0 Å². The lowest BCUT2D eigenvalue weighted by Crippen LogP contribution is -2.30. The molecule has 0 aliphatic heterocycles. The molecule has 1 aromatic rings. The van der Waals surface area contributed by atoms with E-state index in [4.69, 9.17) is 5.73 Å². The monoisotopic (exact) mass is 310 g/mol. The standard InChI is InChI=1S/C12H22N4O.2ClH/c1-8(13)5-6-14-12(17)7-11-9(2)15-16(4)10(11)3;;/h8H,5-7,13H2,1-4H3,(H,14,17);2*1H. The molecule has 0 aromatic carbocycles. The molecule has 0 saturated carbocycles. The van der Waals surface area contributed by atoms with Gasteiger partial charge in [0.25, 0.3) is 0 Å². The number of aryl methyl sites for hydroxylation is 2. The van der Waals surface area contributed by atoms with Crippen molar-refractivity contribution in [1.82, 2.24) is 15.1 Å². The van der Waals surface area contributed by atoms with E-state index in [1.807, 2.05) is 27.8 Å². The van der Waals surface area contributed by atoms with Crippen LogP contribution in [0.3, 0.4) is 0 Å². The van der Waals surface area contributed by atoms with Crippen LogP contribution in [0.4, 0.5) is 0 Å². The molecule has 0 bridgehead atoms. The van der Waals surface area contributed by atoms with Gasteiger partial charge in [-0.2, -0.15) is 5.10 Å². The van der Waals surface area contributed by atoms with Crippen LogP contribution in [0.15, 0.2) is 0 Å². The molecule has 0 spiro atoms. The maximum absolute atomic E-state index is 11.7. The third-order valence-electron chi connectivity index (χ3n) is 2.92. The number of aromatic nitrogens is 2. The lowest BCUT2D eigenvalue weighted by atomic mass is 10.1. The van der Waals surface area contributed by atoms with Crippen LogP contribution >= 0.6 is 24.8 Å². The Hall–Kier alpha value is -0.780. The molecule has 1 aromatic heterocycles. The first-order chi connectivity index (χ1) is 7.91. The molecular weight excluding hydrogens is 287 g/mol. The molecule has 1 heterocycles. The number of halogens is 2. The number of carbonyl (C=O) groups is 1.